The van der Waals surface area contributed by atoms with Crippen LogP contribution >= 0.6 is 0 Å². The summed E-state index contributed by atoms with van der Waals surface area (Å²) in [5, 5.41) is 7.23. The molecule has 1 aliphatic heterocycles. The number of rotatable bonds is 4. The molecule has 3 aliphatic rings. The fourth-order valence-electron chi connectivity index (χ4n) is 5.42. The number of hydrogen-bond acceptors (Lipinski definition) is 3. The van der Waals surface area contributed by atoms with Gasteiger partial charge < -0.3 is 20.1 Å². The van der Waals surface area contributed by atoms with Gasteiger partial charge in [-0.3, -0.25) is 4.99 Å². The van der Waals surface area contributed by atoms with Gasteiger partial charge in [0.2, 0.25) is 0 Å². The number of nitrogens with one attached hydrogen (secondary N) is 2. The van der Waals surface area contributed by atoms with Crippen molar-refractivity contribution in [3.8, 4) is 5.75 Å². The molecule has 1 saturated heterocycles. The van der Waals surface area contributed by atoms with Crippen LogP contribution in [-0.4, -0.2) is 38.9 Å². The number of aryl methyl sites for hydroxylation is 1. The van der Waals surface area contributed by atoms with E-state index in [1.807, 2.05) is 7.05 Å². The van der Waals surface area contributed by atoms with Crippen molar-refractivity contribution in [3.63, 3.8) is 0 Å². The molecule has 4 rings (SSSR count). The number of benzene rings is 1. The molecule has 0 aromatic heterocycles. The second-order valence-electron chi connectivity index (χ2n) is 8.05. The monoisotopic (exact) mass is 357 g/mol. The topological polar surface area (TPSA) is 54.9 Å². The molecule has 5 heteroatoms. The number of hydrogen-bond donors (Lipinski definition) is 2. The minimum Gasteiger partial charge on any atom is -0.496 e. The Balaban J connectivity index is 1.42. The smallest absolute Gasteiger partial charge is 0.191 e. The summed E-state index contributed by atoms with van der Waals surface area (Å²) >= 11 is 0. The average molecular weight is 357 g/mol. The fraction of sp³-hybridized carbons (Fsp3) is 0.667. The van der Waals surface area contributed by atoms with Crippen molar-refractivity contribution in [2.24, 2.45) is 16.3 Å². The lowest BCUT2D eigenvalue weighted by molar-refractivity contribution is -0.125. The maximum Gasteiger partial charge on any atom is 0.191 e. The Bertz CT molecular complexity index is 682. The van der Waals surface area contributed by atoms with Crippen LogP contribution in [0, 0.1) is 18.3 Å². The molecule has 1 aromatic rings. The molecule has 0 amide bonds. The van der Waals surface area contributed by atoms with Crippen molar-refractivity contribution < 1.29 is 9.47 Å². The first-order chi connectivity index (χ1) is 12.7. The fourth-order valence-corrected chi connectivity index (χ4v) is 5.42. The lowest BCUT2D eigenvalue weighted by atomic mass is 9.54. The van der Waals surface area contributed by atoms with Crippen LogP contribution in [-0.2, 0) is 11.3 Å². The molecule has 1 aromatic carbocycles. The predicted octanol–water partition coefficient (Wildman–Crippen LogP) is 3.02. The second kappa shape index (κ2) is 7.10. The third kappa shape index (κ3) is 2.86. The Morgan fingerprint density at radius 3 is 2.88 bits per heavy atom. The molecular formula is C21H31N3O2. The first-order valence-corrected chi connectivity index (χ1v) is 9.90. The van der Waals surface area contributed by atoms with Crippen LogP contribution in [0.1, 0.15) is 43.2 Å². The van der Waals surface area contributed by atoms with E-state index in [2.05, 4.69) is 40.7 Å². The Kier molecular flexibility index (Phi) is 4.82. The molecule has 0 radical (unpaired) electrons. The number of ether oxygens (including phenoxy) is 2. The Morgan fingerprint density at radius 2 is 2.15 bits per heavy atom. The number of aliphatic imine (C=N–C) groups is 1. The summed E-state index contributed by atoms with van der Waals surface area (Å²) in [6.07, 6.45) is 6.88. The highest BCUT2D eigenvalue weighted by Crippen LogP contribution is 2.60. The standard InChI is InChI=1S/C21H31N3O2/c1-14-6-7-15(17(12-14)25-3)13-23-20(22-2)24-18-16-8-11-26-19(16)21(18)9-4-5-10-21/h6-7,12,16,18-19H,4-5,8-11,13H2,1-3H3,(H2,22,23,24). The summed E-state index contributed by atoms with van der Waals surface area (Å²) in [5.74, 6) is 2.45. The lowest BCUT2D eigenvalue weighted by Gasteiger charge is -2.57. The Morgan fingerprint density at radius 1 is 1.35 bits per heavy atom. The molecule has 5 nitrogen and oxygen atoms in total. The second-order valence-corrected chi connectivity index (χ2v) is 8.05. The molecule has 3 atom stereocenters. The molecule has 3 unspecified atom stereocenters. The van der Waals surface area contributed by atoms with Gasteiger partial charge in [0.25, 0.3) is 0 Å². The van der Waals surface area contributed by atoms with E-state index < -0.39 is 0 Å². The maximum absolute atomic E-state index is 6.09. The third-order valence-electron chi connectivity index (χ3n) is 6.69. The van der Waals surface area contributed by atoms with Crippen molar-refractivity contribution in [2.45, 2.75) is 57.7 Å². The zero-order valence-electron chi connectivity index (χ0n) is 16.2. The number of guanidine groups is 1. The van der Waals surface area contributed by atoms with Gasteiger partial charge >= 0.3 is 0 Å². The highest BCUT2D eigenvalue weighted by molar-refractivity contribution is 5.80. The van der Waals surface area contributed by atoms with E-state index in [0.29, 0.717) is 30.0 Å². The number of fused-ring (bicyclic) bond motifs is 2. The van der Waals surface area contributed by atoms with Crippen LogP contribution in [0.15, 0.2) is 23.2 Å². The predicted molar refractivity (Wildman–Crippen MR) is 104 cm³/mol. The summed E-state index contributed by atoms with van der Waals surface area (Å²) < 4.78 is 11.6. The van der Waals surface area contributed by atoms with E-state index >= 15 is 0 Å². The van der Waals surface area contributed by atoms with Crippen LogP contribution < -0.4 is 15.4 Å². The van der Waals surface area contributed by atoms with Crippen LogP contribution in [0.25, 0.3) is 0 Å². The minimum atomic E-state index is 0.334. The van der Waals surface area contributed by atoms with Gasteiger partial charge in [-0.1, -0.05) is 25.0 Å². The van der Waals surface area contributed by atoms with Gasteiger partial charge in [-0.2, -0.15) is 0 Å². The van der Waals surface area contributed by atoms with Crippen molar-refractivity contribution in [3.05, 3.63) is 29.3 Å². The molecule has 142 valence electrons. The SMILES string of the molecule is CN=C(NCc1ccc(C)cc1OC)NC1C2CCOC2C12CCCC2. The Labute approximate surface area is 156 Å². The largest absolute Gasteiger partial charge is 0.496 e. The molecule has 26 heavy (non-hydrogen) atoms. The zero-order chi connectivity index (χ0) is 18.1. The quantitative estimate of drug-likeness (QED) is 0.642. The summed E-state index contributed by atoms with van der Waals surface area (Å²) in [6, 6.07) is 6.81. The van der Waals surface area contributed by atoms with Crippen molar-refractivity contribution >= 4 is 5.96 Å². The summed E-state index contributed by atoms with van der Waals surface area (Å²) in [4.78, 5) is 4.48. The number of nitrogens with zero attached hydrogens (tertiary/aromatic N) is 1. The van der Waals surface area contributed by atoms with Gasteiger partial charge in [0.1, 0.15) is 5.75 Å². The molecule has 2 saturated carbocycles. The van der Waals surface area contributed by atoms with E-state index in [-0.39, 0.29) is 0 Å². The first kappa shape index (κ1) is 17.7. The van der Waals surface area contributed by atoms with Crippen molar-refractivity contribution in [1.82, 2.24) is 10.6 Å². The van der Waals surface area contributed by atoms with Gasteiger partial charge in [0.05, 0.1) is 13.2 Å². The zero-order valence-corrected chi connectivity index (χ0v) is 16.2. The summed E-state index contributed by atoms with van der Waals surface area (Å²) in [6.45, 7) is 3.70. The summed E-state index contributed by atoms with van der Waals surface area (Å²) in [7, 11) is 3.58. The van der Waals surface area contributed by atoms with Gasteiger partial charge in [0, 0.05) is 43.1 Å². The minimum absolute atomic E-state index is 0.334. The highest BCUT2D eigenvalue weighted by Gasteiger charge is 2.65. The van der Waals surface area contributed by atoms with Crippen LogP contribution in [0.5, 0.6) is 5.75 Å². The normalized spacial score (nSPS) is 29.3. The first-order valence-electron chi connectivity index (χ1n) is 9.90. The van der Waals surface area contributed by atoms with Gasteiger partial charge in [-0.05, 0) is 37.8 Å². The Hall–Kier alpha value is -1.75. The van der Waals surface area contributed by atoms with Gasteiger partial charge in [0.15, 0.2) is 5.96 Å². The van der Waals surface area contributed by atoms with Crippen LogP contribution in [0.3, 0.4) is 0 Å². The van der Waals surface area contributed by atoms with E-state index in [0.717, 1.165) is 23.9 Å². The van der Waals surface area contributed by atoms with Gasteiger partial charge in [-0.25, -0.2) is 0 Å². The maximum atomic E-state index is 6.09. The lowest BCUT2D eigenvalue weighted by Crippen LogP contribution is -2.69. The highest BCUT2D eigenvalue weighted by atomic mass is 16.5. The molecular weight excluding hydrogens is 326 g/mol. The molecule has 1 heterocycles. The van der Waals surface area contributed by atoms with E-state index in [1.54, 1.807) is 7.11 Å². The van der Waals surface area contributed by atoms with Crippen molar-refractivity contribution in [2.75, 3.05) is 20.8 Å². The average Bonchev–Trinajstić information content (AvgIpc) is 3.31. The van der Waals surface area contributed by atoms with E-state index in [9.17, 15) is 0 Å². The number of methoxy groups -OCH3 is 1. The molecule has 2 N–H and O–H groups in total. The van der Waals surface area contributed by atoms with Crippen LogP contribution in [0.2, 0.25) is 0 Å². The van der Waals surface area contributed by atoms with E-state index in [1.165, 1.54) is 37.7 Å². The van der Waals surface area contributed by atoms with Crippen LogP contribution in [0.4, 0.5) is 0 Å². The third-order valence-corrected chi connectivity index (χ3v) is 6.69. The molecule has 2 aliphatic carbocycles. The molecule has 3 fully saturated rings. The van der Waals surface area contributed by atoms with E-state index in [4.69, 9.17) is 9.47 Å². The van der Waals surface area contributed by atoms with Gasteiger partial charge in [-0.15, -0.1) is 0 Å². The van der Waals surface area contributed by atoms with Crippen molar-refractivity contribution in [1.29, 1.82) is 0 Å². The molecule has 0 bridgehead atoms. The molecule has 1 spiro atoms. The summed E-state index contributed by atoms with van der Waals surface area (Å²) in [5.41, 5.74) is 2.69.